The highest BCUT2D eigenvalue weighted by Gasteiger charge is 2.13. The normalized spacial score (nSPS) is 12.1. The second kappa shape index (κ2) is 5.92. The molecule has 2 aromatic carbocycles. The summed E-state index contributed by atoms with van der Waals surface area (Å²) in [6.45, 7) is 3.51. The van der Waals surface area contributed by atoms with E-state index in [1.807, 2.05) is 19.1 Å². The first-order valence-electron chi connectivity index (χ1n) is 6.31. The second-order valence-electron chi connectivity index (χ2n) is 4.61. The SMILES string of the molecule is COc1cc(C)ccc1Oc1ccc(F)cc1[C@@H](C)O. The molecule has 0 fully saturated rings. The largest absolute Gasteiger partial charge is 0.493 e. The topological polar surface area (TPSA) is 38.7 Å². The Morgan fingerprint density at radius 3 is 2.40 bits per heavy atom. The zero-order valence-electron chi connectivity index (χ0n) is 11.7. The maximum Gasteiger partial charge on any atom is 0.169 e. The highest BCUT2D eigenvalue weighted by molar-refractivity contribution is 5.47. The Balaban J connectivity index is 2.39. The average Bonchev–Trinajstić information content (AvgIpc) is 2.42. The van der Waals surface area contributed by atoms with Crippen LogP contribution in [0.3, 0.4) is 0 Å². The van der Waals surface area contributed by atoms with Gasteiger partial charge in [0.1, 0.15) is 11.6 Å². The third-order valence-corrected chi connectivity index (χ3v) is 2.96. The number of halogens is 1. The number of rotatable bonds is 4. The first kappa shape index (κ1) is 14.3. The number of aryl methyl sites for hydroxylation is 1. The molecule has 20 heavy (non-hydrogen) atoms. The summed E-state index contributed by atoms with van der Waals surface area (Å²) < 4.78 is 24.3. The summed E-state index contributed by atoms with van der Waals surface area (Å²) in [5, 5.41) is 9.70. The third-order valence-electron chi connectivity index (χ3n) is 2.96. The number of benzene rings is 2. The van der Waals surface area contributed by atoms with E-state index in [1.54, 1.807) is 20.1 Å². The molecule has 0 aliphatic heterocycles. The molecule has 0 unspecified atom stereocenters. The molecule has 2 aromatic rings. The summed E-state index contributed by atoms with van der Waals surface area (Å²) in [6, 6.07) is 9.58. The van der Waals surface area contributed by atoms with Crippen molar-refractivity contribution in [1.82, 2.24) is 0 Å². The van der Waals surface area contributed by atoms with E-state index in [4.69, 9.17) is 9.47 Å². The van der Waals surface area contributed by atoms with Gasteiger partial charge in [0, 0.05) is 5.56 Å². The Hall–Kier alpha value is -2.07. The predicted octanol–water partition coefficient (Wildman–Crippen LogP) is 3.99. The smallest absolute Gasteiger partial charge is 0.169 e. The van der Waals surface area contributed by atoms with Crippen molar-refractivity contribution in [2.75, 3.05) is 7.11 Å². The molecule has 106 valence electrons. The van der Waals surface area contributed by atoms with E-state index in [2.05, 4.69) is 0 Å². The highest BCUT2D eigenvalue weighted by Crippen LogP contribution is 2.35. The van der Waals surface area contributed by atoms with Crippen LogP contribution in [0.1, 0.15) is 24.2 Å². The lowest BCUT2D eigenvalue weighted by Crippen LogP contribution is -1.98. The van der Waals surface area contributed by atoms with Gasteiger partial charge in [0.2, 0.25) is 0 Å². The molecule has 0 radical (unpaired) electrons. The number of hydrogen-bond acceptors (Lipinski definition) is 3. The Kier molecular flexibility index (Phi) is 4.25. The van der Waals surface area contributed by atoms with Gasteiger partial charge in [0.25, 0.3) is 0 Å². The fraction of sp³-hybridized carbons (Fsp3) is 0.250. The fourth-order valence-corrected chi connectivity index (χ4v) is 1.92. The van der Waals surface area contributed by atoms with Crippen molar-refractivity contribution in [3.63, 3.8) is 0 Å². The summed E-state index contributed by atoms with van der Waals surface area (Å²) in [5.74, 6) is 1.10. The van der Waals surface area contributed by atoms with Crippen LogP contribution in [0.25, 0.3) is 0 Å². The van der Waals surface area contributed by atoms with Crippen LogP contribution in [0.15, 0.2) is 36.4 Å². The van der Waals surface area contributed by atoms with Crippen LogP contribution < -0.4 is 9.47 Å². The lowest BCUT2D eigenvalue weighted by atomic mass is 10.1. The maximum absolute atomic E-state index is 13.3. The number of ether oxygens (including phenoxy) is 2. The Labute approximate surface area is 117 Å². The van der Waals surface area contributed by atoms with Crippen LogP contribution in [0.2, 0.25) is 0 Å². The first-order valence-corrected chi connectivity index (χ1v) is 6.31. The minimum atomic E-state index is -0.822. The number of aliphatic hydroxyl groups is 1. The van der Waals surface area contributed by atoms with Gasteiger partial charge in [-0.15, -0.1) is 0 Å². The first-order chi connectivity index (χ1) is 9.51. The molecule has 4 heteroatoms. The highest BCUT2D eigenvalue weighted by atomic mass is 19.1. The molecule has 0 bridgehead atoms. The van der Waals surface area contributed by atoms with E-state index in [1.165, 1.54) is 18.2 Å². The molecule has 0 heterocycles. The van der Waals surface area contributed by atoms with Crippen LogP contribution in [0.5, 0.6) is 17.2 Å². The maximum atomic E-state index is 13.3. The van der Waals surface area contributed by atoms with Gasteiger partial charge < -0.3 is 14.6 Å². The van der Waals surface area contributed by atoms with E-state index in [-0.39, 0.29) is 0 Å². The van der Waals surface area contributed by atoms with Gasteiger partial charge in [0.05, 0.1) is 13.2 Å². The zero-order valence-corrected chi connectivity index (χ0v) is 11.7. The minimum absolute atomic E-state index is 0.396. The Bertz CT molecular complexity index is 609. The lowest BCUT2D eigenvalue weighted by molar-refractivity contribution is 0.195. The van der Waals surface area contributed by atoms with Gasteiger partial charge >= 0.3 is 0 Å². The lowest BCUT2D eigenvalue weighted by Gasteiger charge is -2.15. The standard InChI is InChI=1S/C16H17FO3/c1-10-4-6-15(16(8-10)19-3)20-14-7-5-12(17)9-13(14)11(2)18/h4-9,11,18H,1-3H3/t11-/m1/s1. The molecule has 3 nitrogen and oxygen atoms in total. The van der Waals surface area contributed by atoms with Crippen LogP contribution in [0.4, 0.5) is 4.39 Å². The van der Waals surface area contributed by atoms with Crippen molar-refractivity contribution in [3.05, 3.63) is 53.3 Å². The van der Waals surface area contributed by atoms with Crippen LogP contribution >= 0.6 is 0 Å². The molecule has 0 amide bonds. The van der Waals surface area contributed by atoms with Crippen LogP contribution in [0, 0.1) is 12.7 Å². The Morgan fingerprint density at radius 2 is 1.75 bits per heavy atom. The molecular weight excluding hydrogens is 259 g/mol. The quantitative estimate of drug-likeness (QED) is 0.917. The van der Waals surface area contributed by atoms with Crippen molar-refractivity contribution in [2.45, 2.75) is 20.0 Å². The van der Waals surface area contributed by atoms with Gasteiger partial charge in [0.15, 0.2) is 11.5 Å². The van der Waals surface area contributed by atoms with Crippen molar-refractivity contribution in [1.29, 1.82) is 0 Å². The average molecular weight is 276 g/mol. The van der Waals surface area contributed by atoms with E-state index >= 15 is 0 Å². The zero-order chi connectivity index (χ0) is 14.7. The molecule has 0 saturated heterocycles. The molecule has 2 rings (SSSR count). The van der Waals surface area contributed by atoms with Crippen molar-refractivity contribution in [3.8, 4) is 17.2 Å². The summed E-state index contributed by atoms with van der Waals surface area (Å²) in [7, 11) is 1.56. The van der Waals surface area contributed by atoms with E-state index in [0.717, 1.165) is 5.56 Å². The van der Waals surface area contributed by atoms with Crippen molar-refractivity contribution >= 4 is 0 Å². The summed E-state index contributed by atoms with van der Waals surface area (Å²) >= 11 is 0. The monoisotopic (exact) mass is 276 g/mol. The van der Waals surface area contributed by atoms with E-state index in [0.29, 0.717) is 22.8 Å². The molecule has 1 N–H and O–H groups in total. The molecule has 0 spiro atoms. The van der Waals surface area contributed by atoms with Gasteiger partial charge in [-0.3, -0.25) is 0 Å². The molecule has 1 atom stereocenters. The molecular formula is C16H17FO3. The van der Waals surface area contributed by atoms with E-state index in [9.17, 15) is 9.50 Å². The second-order valence-corrected chi connectivity index (χ2v) is 4.61. The minimum Gasteiger partial charge on any atom is -0.493 e. The molecule has 0 aliphatic rings. The van der Waals surface area contributed by atoms with Gasteiger partial charge in [-0.25, -0.2) is 4.39 Å². The number of methoxy groups -OCH3 is 1. The van der Waals surface area contributed by atoms with E-state index < -0.39 is 11.9 Å². The van der Waals surface area contributed by atoms with Gasteiger partial charge in [-0.05, 0) is 49.7 Å². The summed E-state index contributed by atoms with van der Waals surface area (Å²) in [4.78, 5) is 0. The van der Waals surface area contributed by atoms with Crippen LogP contribution in [-0.2, 0) is 0 Å². The summed E-state index contributed by atoms with van der Waals surface area (Å²) in [5.41, 5.74) is 1.44. The van der Waals surface area contributed by atoms with Gasteiger partial charge in [-0.2, -0.15) is 0 Å². The van der Waals surface area contributed by atoms with Gasteiger partial charge in [-0.1, -0.05) is 6.07 Å². The number of aliphatic hydroxyl groups excluding tert-OH is 1. The van der Waals surface area contributed by atoms with Crippen molar-refractivity contribution < 1.29 is 19.0 Å². The Morgan fingerprint density at radius 1 is 1.05 bits per heavy atom. The molecule has 0 saturated carbocycles. The van der Waals surface area contributed by atoms with Crippen molar-refractivity contribution in [2.24, 2.45) is 0 Å². The summed E-state index contributed by atoms with van der Waals surface area (Å²) in [6.07, 6.45) is -0.822. The molecule has 0 aromatic heterocycles. The fourth-order valence-electron chi connectivity index (χ4n) is 1.92. The molecule has 0 aliphatic carbocycles. The van der Waals surface area contributed by atoms with Crippen LogP contribution in [-0.4, -0.2) is 12.2 Å². The third kappa shape index (κ3) is 3.08. The number of hydrogen-bond donors (Lipinski definition) is 1. The predicted molar refractivity (Wildman–Crippen MR) is 74.8 cm³/mol.